The molecule has 0 heterocycles. The Balaban J connectivity index is 2.49. The summed E-state index contributed by atoms with van der Waals surface area (Å²) in [7, 11) is 1.47. The lowest BCUT2D eigenvalue weighted by Crippen LogP contribution is -2.25. The fourth-order valence-electron chi connectivity index (χ4n) is 1.68. The maximum atomic E-state index is 11.9. The van der Waals surface area contributed by atoms with Gasteiger partial charge in [-0.2, -0.15) is 0 Å². The van der Waals surface area contributed by atoms with E-state index in [2.05, 4.69) is 0 Å². The molecule has 0 spiro atoms. The molecule has 1 rings (SSSR count). The Morgan fingerprint density at radius 2 is 1.85 bits per heavy atom. The van der Waals surface area contributed by atoms with Gasteiger partial charge in [0.15, 0.2) is 0 Å². The van der Waals surface area contributed by atoms with Crippen molar-refractivity contribution in [1.82, 2.24) is 0 Å². The molecule has 0 fully saturated rings. The number of carbonyl (C=O) groups excluding carboxylic acids is 2. The van der Waals surface area contributed by atoms with E-state index in [0.29, 0.717) is 0 Å². The minimum atomic E-state index is -0.636. The third-order valence-corrected chi connectivity index (χ3v) is 2.64. The minimum absolute atomic E-state index is 0.0324. The average molecular weight is 280 g/mol. The maximum absolute atomic E-state index is 11.9. The van der Waals surface area contributed by atoms with Crippen LogP contribution in [0.15, 0.2) is 30.3 Å². The van der Waals surface area contributed by atoms with E-state index >= 15 is 0 Å². The Hall–Kier alpha value is -1.88. The monoisotopic (exact) mass is 280 g/mol. The molecule has 5 nitrogen and oxygen atoms in total. The van der Waals surface area contributed by atoms with E-state index in [0.717, 1.165) is 5.56 Å². The molecular weight excluding hydrogens is 260 g/mol. The Bertz CT molecular complexity index is 416. The lowest BCUT2D eigenvalue weighted by molar-refractivity contribution is -0.157. The molecule has 20 heavy (non-hydrogen) atoms. The zero-order valence-electron chi connectivity index (χ0n) is 11.8. The van der Waals surface area contributed by atoms with Crippen LogP contribution < -0.4 is 0 Å². The smallest absolute Gasteiger partial charge is 0.312 e. The molecule has 1 aromatic rings. The zero-order chi connectivity index (χ0) is 14.8. The molecule has 0 aromatic heterocycles. The summed E-state index contributed by atoms with van der Waals surface area (Å²) in [6.07, 6.45) is -0.0324. The number of carbonyl (C=O) groups is 2. The number of hydrogen-bond acceptors (Lipinski definition) is 5. The summed E-state index contributed by atoms with van der Waals surface area (Å²) >= 11 is 0. The van der Waals surface area contributed by atoms with Crippen molar-refractivity contribution < 1.29 is 23.8 Å². The molecule has 0 N–H and O–H groups in total. The fraction of sp³-hybridized carbons (Fsp3) is 0.467. The molecule has 0 saturated carbocycles. The molecule has 5 heteroatoms. The Morgan fingerprint density at radius 3 is 2.45 bits per heavy atom. The molecule has 0 bridgehead atoms. The van der Waals surface area contributed by atoms with Gasteiger partial charge in [0.2, 0.25) is 0 Å². The standard InChI is InChI=1S/C15H20O5/c1-3-19-14(16)9-13(11-18-2)15(17)20-10-12-7-5-4-6-8-12/h4-8,13H,3,9-11H2,1-2H3. The Morgan fingerprint density at radius 1 is 1.15 bits per heavy atom. The van der Waals surface area contributed by atoms with E-state index < -0.39 is 17.9 Å². The molecule has 0 aliphatic carbocycles. The lowest BCUT2D eigenvalue weighted by Gasteiger charge is -2.14. The van der Waals surface area contributed by atoms with Crippen LogP contribution in [0.5, 0.6) is 0 Å². The highest BCUT2D eigenvalue weighted by Gasteiger charge is 2.24. The number of benzene rings is 1. The van der Waals surface area contributed by atoms with Gasteiger partial charge in [0.05, 0.1) is 25.6 Å². The first-order chi connectivity index (χ1) is 9.67. The van der Waals surface area contributed by atoms with Crippen LogP contribution >= 0.6 is 0 Å². The van der Waals surface area contributed by atoms with E-state index in [9.17, 15) is 9.59 Å². The van der Waals surface area contributed by atoms with Crippen molar-refractivity contribution in [3.8, 4) is 0 Å². The van der Waals surface area contributed by atoms with Crippen molar-refractivity contribution in [1.29, 1.82) is 0 Å². The quantitative estimate of drug-likeness (QED) is 0.681. The average Bonchev–Trinajstić information content (AvgIpc) is 2.45. The molecular formula is C15H20O5. The van der Waals surface area contributed by atoms with Gasteiger partial charge in [0.1, 0.15) is 6.61 Å². The first-order valence-corrected chi connectivity index (χ1v) is 6.52. The van der Waals surface area contributed by atoms with Gasteiger partial charge < -0.3 is 14.2 Å². The van der Waals surface area contributed by atoms with Crippen LogP contribution in [0, 0.1) is 5.92 Å². The first-order valence-electron chi connectivity index (χ1n) is 6.52. The van der Waals surface area contributed by atoms with E-state index in [1.807, 2.05) is 30.3 Å². The maximum Gasteiger partial charge on any atom is 0.312 e. The summed E-state index contributed by atoms with van der Waals surface area (Å²) in [4.78, 5) is 23.4. The van der Waals surface area contributed by atoms with Gasteiger partial charge >= 0.3 is 11.9 Å². The third-order valence-electron chi connectivity index (χ3n) is 2.64. The van der Waals surface area contributed by atoms with Crippen LogP contribution in [-0.4, -0.2) is 32.3 Å². The Labute approximate surface area is 118 Å². The number of hydrogen-bond donors (Lipinski definition) is 0. The van der Waals surface area contributed by atoms with Crippen LogP contribution in [0.1, 0.15) is 18.9 Å². The second-order valence-electron chi connectivity index (χ2n) is 4.25. The summed E-state index contributed by atoms with van der Waals surface area (Å²) in [6.45, 7) is 2.32. The van der Waals surface area contributed by atoms with Crippen molar-refractivity contribution in [2.24, 2.45) is 5.92 Å². The highest BCUT2D eigenvalue weighted by molar-refractivity contribution is 5.80. The van der Waals surface area contributed by atoms with Gasteiger partial charge in [-0.1, -0.05) is 30.3 Å². The van der Waals surface area contributed by atoms with Gasteiger partial charge in [-0.25, -0.2) is 0 Å². The highest BCUT2D eigenvalue weighted by Crippen LogP contribution is 2.10. The van der Waals surface area contributed by atoms with Crippen LogP contribution in [0.2, 0.25) is 0 Å². The van der Waals surface area contributed by atoms with Crippen LogP contribution in [0.25, 0.3) is 0 Å². The SMILES string of the molecule is CCOC(=O)CC(COC)C(=O)OCc1ccccc1. The van der Waals surface area contributed by atoms with Gasteiger partial charge in [-0.3, -0.25) is 9.59 Å². The van der Waals surface area contributed by atoms with Gasteiger partial charge in [0, 0.05) is 7.11 Å². The van der Waals surface area contributed by atoms with Gasteiger partial charge in [-0.05, 0) is 12.5 Å². The number of esters is 2. The van der Waals surface area contributed by atoms with Crippen molar-refractivity contribution in [2.45, 2.75) is 20.0 Å². The molecule has 0 aliphatic rings. The molecule has 1 aromatic carbocycles. The highest BCUT2D eigenvalue weighted by atomic mass is 16.5. The zero-order valence-corrected chi connectivity index (χ0v) is 11.8. The van der Waals surface area contributed by atoms with Crippen molar-refractivity contribution >= 4 is 11.9 Å². The molecule has 0 aliphatic heterocycles. The number of methoxy groups -OCH3 is 1. The summed E-state index contributed by atoms with van der Waals surface area (Å²) in [5.74, 6) is -1.52. The van der Waals surface area contributed by atoms with Crippen LogP contribution in [-0.2, 0) is 30.4 Å². The van der Waals surface area contributed by atoms with Crippen molar-refractivity contribution in [2.75, 3.05) is 20.3 Å². The number of ether oxygens (including phenoxy) is 3. The number of rotatable bonds is 8. The first kappa shape index (κ1) is 16.2. The van der Waals surface area contributed by atoms with Gasteiger partial charge in [0.25, 0.3) is 0 Å². The largest absolute Gasteiger partial charge is 0.466 e. The second-order valence-corrected chi connectivity index (χ2v) is 4.25. The Kier molecular flexibility index (Phi) is 7.35. The third kappa shape index (κ3) is 5.84. The van der Waals surface area contributed by atoms with E-state index in [4.69, 9.17) is 14.2 Å². The molecule has 0 radical (unpaired) electrons. The summed E-state index contributed by atoms with van der Waals surface area (Å²) in [5, 5.41) is 0. The molecule has 1 unspecified atom stereocenters. The normalized spacial score (nSPS) is 11.7. The topological polar surface area (TPSA) is 61.8 Å². The predicted octanol–water partition coefficient (Wildman–Crippen LogP) is 1.95. The lowest BCUT2D eigenvalue weighted by atomic mass is 10.1. The molecule has 0 amide bonds. The van der Waals surface area contributed by atoms with E-state index in [1.165, 1.54) is 7.11 Å². The van der Waals surface area contributed by atoms with Gasteiger partial charge in [-0.15, -0.1) is 0 Å². The fourth-order valence-corrected chi connectivity index (χ4v) is 1.68. The van der Waals surface area contributed by atoms with Crippen LogP contribution in [0.3, 0.4) is 0 Å². The molecule has 1 atom stereocenters. The van der Waals surface area contributed by atoms with E-state index in [-0.39, 0.29) is 26.2 Å². The molecule has 110 valence electrons. The summed E-state index contributed by atoms with van der Waals surface area (Å²) < 4.78 is 15.0. The van der Waals surface area contributed by atoms with Crippen molar-refractivity contribution in [3.63, 3.8) is 0 Å². The van der Waals surface area contributed by atoms with Crippen molar-refractivity contribution in [3.05, 3.63) is 35.9 Å². The second kappa shape index (κ2) is 9.09. The van der Waals surface area contributed by atoms with Crippen LogP contribution in [0.4, 0.5) is 0 Å². The molecule has 0 saturated heterocycles. The summed E-state index contributed by atoms with van der Waals surface area (Å²) in [6, 6.07) is 9.36. The summed E-state index contributed by atoms with van der Waals surface area (Å²) in [5.41, 5.74) is 0.896. The van der Waals surface area contributed by atoms with E-state index in [1.54, 1.807) is 6.92 Å². The predicted molar refractivity (Wildman–Crippen MR) is 72.9 cm³/mol. The minimum Gasteiger partial charge on any atom is -0.466 e.